The first-order valence-corrected chi connectivity index (χ1v) is 17.9. The fraction of sp³-hybridized carbons (Fsp3) is 0.575. The fourth-order valence-electron chi connectivity index (χ4n) is 11.3. The molecule has 3 saturated carbocycles. The van der Waals surface area contributed by atoms with Gasteiger partial charge in [-0.1, -0.05) is 74.5 Å². The average Bonchev–Trinajstić information content (AvgIpc) is 3.34. The number of halogens is 3. The lowest BCUT2D eigenvalue weighted by atomic mass is 9.32. The first kappa shape index (κ1) is 35.4. The minimum absolute atomic E-state index is 0.00762. The molecule has 7 nitrogen and oxygen atoms in total. The van der Waals surface area contributed by atoms with Crippen LogP contribution in [0.5, 0.6) is 5.75 Å². The summed E-state index contributed by atoms with van der Waals surface area (Å²) in [6, 6.07) is 14.9. The summed E-state index contributed by atoms with van der Waals surface area (Å²) in [5, 5.41) is 44.1. The van der Waals surface area contributed by atoms with Crippen LogP contribution >= 0.6 is 0 Å². The van der Waals surface area contributed by atoms with Crippen molar-refractivity contribution in [3.8, 4) is 5.75 Å². The van der Waals surface area contributed by atoms with Crippen molar-refractivity contribution >= 4 is 5.78 Å². The first-order valence-electron chi connectivity index (χ1n) is 17.9. The van der Waals surface area contributed by atoms with Gasteiger partial charge in [0.15, 0.2) is 5.78 Å². The Kier molecular flexibility index (Phi) is 8.70. The Hall–Kier alpha value is -3.02. The zero-order valence-corrected chi connectivity index (χ0v) is 28.7. The molecular formula is C40H48F3NO6. The van der Waals surface area contributed by atoms with E-state index in [1.165, 1.54) is 24.3 Å². The Morgan fingerprint density at radius 1 is 0.960 bits per heavy atom. The Bertz CT molecular complexity index is 1660. The molecular weight excluding hydrogens is 647 g/mol. The number of alkyl halides is 3. The second kappa shape index (κ2) is 12.3. The lowest BCUT2D eigenvalue weighted by Gasteiger charge is -2.71. The molecule has 2 bridgehead atoms. The molecule has 50 heavy (non-hydrogen) atoms. The Morgan fingerprint density at radius 3 is 2.30 bits per heavy atom. The summed E-state index contributed by atoms with van der Waals surface area (Å²) < 4.78 is 42.3. The van der Waals surface area contributed by atoms with Gasteiger partial charge in [0, 0.05) is 47.0 Å². The molecule has 4 N–H and O–H groups in total. The van der Waals surface area contributed by atoms with Crippen LogP contribution in [-0.4, -0.2) is 75.0 Å². The predicted molar refractivity (Wildman–Crippen MR) is 181 cm³/mol. The SMILES string of the molecule is C[C@]12CC[C@H]3[C@]4(C=C[C@@]5(C=C4C(=O)c4ccccc4)CC(O)CC[C@]35C)[C@@H]1CC[C@@]2(O)CN(Cc1ccc(OC(F)(F)F)cc1)C[C@H](O)CO. The molecule has 9 atom stereocenters. The Morgan fingerprint density at radius 2 is 1.62 bits per heavy atom. The second-order valence-electron chi connectivity index (χ2n) is 16.2. The number of carbonyl (C=O) groups excluding carboxylic acids is 1. The maximum atomic E-state index is 14.6. The highest BCUT2D eigenvalue weighted by Gasteiger charge is 2.74. The van der Waals surface area contributed by atoms with Crippen LogP contribution in [0.25, 0.3) is 0 Å². The van der Waals surface area contributed by atoms with Crippen molar-refractivity contribution in [3.63, 3.8) is 0 Å². The molecule has 0 radical (unpaired) electrons. The molecule has 6 aliphatic rings. The third kappa shape index (κ3) is 5.48. The van der Waals surface area contributed by atoms with Crippen LogP contribution in [0.1, 0.15) is 74.7 Å². The quantitative estimate of drug-likeness (QED) is 0.173. The maximum absolute atomic E-state index is 14.6. The lowest BCUT2D eigenvalue weighted by molar-refractivity contribution is -0.274. The summed E-state index contributed by atoms with van der Waals surface area (Å²) in [7, 11) is 0. The fourth-order valence-corrected chi connectivity index (χ4v) is 11.3. The minimum atomic E-state index is -4.81. The number of hydrogen-bond donors (Lipinski definition) is 4. The number of carbonyl (C=O) groups is 1. The van der Waals surface area contributed by atoms with Gasteiger partial charge in [0.25, 0.3) is 0 Å². The molecule has 1 unspecified atom stereocenters. The third-order valence-electron chi connectivity index (χ3n) is 13.7. The molecule has 3 fully saturated rings. The normalized spacial score (nSPS) is 37.9. The number of Topliss-reactive ketones (excluding diaryl/α,β-unsaturated/α-hetero) is 1. The van der Waals surface area contributed by atoms with E-state index < -0.39 is 47.0 Å². The van der Waals surface area contributed by atoms with E-state index in [-0.39, 0.29) is 48.4 Å². The van der Waals surface area contributed by atoms with E-state index in [9.17, 15) is 38.4 Å². The van der Waals surface area contributed by atoms with Gasteiger partial charge in [-0.05, 0) is 79.9 Å². The van der Waals surface area contributed by atoms with Gasteiger partial charge in [0.05, 0.1) is 24.4 Å². The molecule has 6 aliphatic carbocycles. The van der Waals surface area contributed by atoms with Crippen LogP contribution < -0.4 is 4.74 Å². The van der Waals surface area contributed by atoms with Gasteiger partial charge in [-0.3, -0.25) is 9.69 Å². The Balaban J connectivity index is 1.24. The number of rotatable bonds is 10. The molecule has 0 amide bonds. The number of ether oxygens (including phenoxy) is 1. The van der Waals surface area contributed by atoms with Crippen molar-refractivity contribution in [3.05, 3.63) is 89.5 Å². The summed E-state index contributed by atoms with van der Waals surface area (Å²) in [5.74, 6) is -0.271. The van der Waals surface area contributed by atoms with E-state index in [1.807, 2.05) is 35.2 Å². The number of aliphatic hydroxyl groups excluding tert-OH is 3. The monoisotopic (exact) mass is 695 g/mol. The predicted octanol–water partition coefficient (Wildman–Crippen LogP) is 6.21. The molecule has 0 aromatic heterocycles. The molecule has 2 aromatic rings. The van der Waals surface area contributed by atoms with Gasteiger partial charge in [-0.2, -0.15) is 0 Å². The van der Waals surface area contributed by atoms with E-state index in [0.717, 1.165) is 24.8 Å². The first-order chi connectivity index (χ1) is 23.6. The van der Waals surface area contributed by atoms with Crippen molar-refractivity contribution in [2.75, 3.05) is 19.7 Å². The van der Waals surface area contributed by atoms with Gasteiger partial charge >= 0.3 is 6.36 Å². The van der Waals surface area contributed by atoms with Crippen LogP contribution in [-0.2, 0) is 6.54 Å². The van der Waals surface area contributed by atoms with Crippen LogP contribution in [0, 0.1) is 33.5 Å². The number of aliphatic hydroxyl groups is 4. The second-order valence-corrected chi connectivity index (χ2v) is 16.2. The number of allylic oxidation sites excluding steroid dienone is 4. The molecule has 2 aromatic carbocycles. The summed E-state index contributed by atoms with van der Waals surface area (Å²) in [6.07, 6.45) is 5.23. The summed E-state index contributed by atoms with van der Waals surface area (Å²) in [5.41, 5.74) is -1.00. The van der Waals surface area contributed by atoms with Crippen LogP contribution in [0.3, 0.4) is 0 Å². The lowest BCUT2D eigenvalue weighted by Crippen LogP contribution is -2.67. The zero-order chi connectivity index (χ0) is 35.7. The molecule has 10 heteroatoms. The van der Waals surface area contributed by atoms with E-state index in [0.29, 0.717) is 36.8 Å². The molecule has 8 rings (SSSR count). The maximum Gasteiger partial charge on any atom is 0.573 e. The largest absolute Gasteiger partial charge is 0.573 e. The van der Waals surface area contributed by atoms with Gasteiger partial charge in [-0.25, -0.2) is 0 Å². The topological polar surface area (TPSA) is 110 Å². The number of benzene rings is 2. The molecule has 0 aliphatic heterocycles. The number of ketones is 1. The van der Waals surface area contributed by atoms with Crippen molar-refractivity contribution in [2.45, 2.75) is 89.5 Å². The minimum Gasteiger partial charge on any atom is -0.406 e. The highest BCUT2D eigenvalue weighted by atomic mass is 19.4. The van der Waals surface area contributed by atoms with Crippen molar-refractivity contribution < 1.29 is 43.1 Å². The number of hydrogen-bond acceptors (Lipinski definition) is 7. The van der Waals surface area contributed by atoms with Gasteiger partial charge in [-0.15, -0.1) is 13.2 Å². The van der Waals surface area contributed by atoms with Crippen LogP contribution in [0.4, 0.5) is 13.2 Å². The highest BCUT2D eigenvalue weighted by Crippen LogP contribution is 2.78. The standard InChI is InChI=1S/C40H48F3NO6/c1-35-15-12-28(46)20-37(35)18-19-39(31(21-37)34(48)27-6-4-3-5-7-27)32(35)13-16-36(2)33(39)14-17-38(36,49)25-44(23-29(47)24-45)22-26-8-10-30(11-9-26)50-40(41,42)43/h3-11,18-19,21,28-29,32-33,45-47,49H,12-17,20,22-25H2,1-2H3/t28?,29-,32+,33+,35+,36-,37-,38+,39+/m0/s1. The summed E-state index contributed by atoms with van der Waals surface area (Å²) in [6.45, 7) is 4.44. The smallest absolute Gasteiger partial charge is 0.406 e. The van der Waals surface area contributed by atoms with Crippen molar-refractivity contribution in [1.29, 1.82) is 0 Å². The number of nitrogens with zero attached hydrogens (tertiary/aromatic N) is 1. The molecule has 2 spiro atoms. The zero-order valence-electron chi connectivity index (χ0n) is 28.7. The van der Waals surface area contributed by atoms with E-state index >= 15 is 0 Å². The van der Waals surface area contributed by atoms with Crippen LogP contribution in [0.15, 0.2) is 78.4 Å². The molecule has 0 saturated heterocycles. The average molecular weight is 696 g/mol. The summed E-state index contributed by atoms with van der Waals surface area (Å²) in [4.78, 5) is 16.5. The Labute approximate surface area is 291 Å². The van der Waals surface area contributed by atoms with Crippen molar-refractivity contribution in [2.24, 2.45) is 33.5 Å². The highest BCUT2D eigenvalue weighted by molar-refractivity contribution is 6.10. The van der Waals surface area contributed by atoms with Crippen LogP contribution in [0.2, 0.25) is 0 Å². The van der Waals surface area contributed by atoms with Gasteiger partial charge in [0.1, 0.15) is 5.75 Å². The molecule has 270 valence electrons. The van der Waals surface area contributed by atoms with E-state index in [1.54, 1.807) is 0 Å². The van der Waals surface area contributed by atoms with E-state index in [4.69, 9.17) is 0 Å². The summed E-state index contributed by atoms with van der Waals surface area (Å²) >= 11 is 0. The molecule has 0 heterocycles. The number of fused-ring (bicyclic) bond motifs is 1. The third-order valence-corrected chi connectivity index (χ3v) is 13.7. The van der Waals surface area contributed by atoms with Crippen molar-refractivity contribution in [1.82, 2.24) is 4.90 Å². The van der Waals surface area contributed by atoms with E-state index in [2.05, 4.69) is 36.8 Å². The van der Waals surface area contributed by atoms with Gasteiger partial charge < -0.3 is 25.2 Å². The van der Waals surface area contributed by atoms with Gasteiger partial charge in [0.2, 0.25) is 0 Å².